The molecule has 1 amide bonds. The second-order valence-corrected chi connectivity index (χ2v) is 4.78. The van der Waals surface area contributed by atoms with E-state index in [1.54, 1.807) is 10.9 Å². The van der Waals surface area contributed by atoms with Crippen LogP contribution in [0.2, 0.25) is 0 Å². The normalized spacial score (nSPS) is 13.2. The van der Waals surface area contributed by atoms with Gasteiger partial charge in [-0.2, -0.15) is 5.10 Å². The van der Waals surface area contributed by atoms with Gasteiger partial charge in [-0.15, -0.1) is 0 Å². The van der Waals surface area contributed by atoms with Crippen LogP contribution in [-0.2, 0) is 11.3 Å². The van der Waals surface area contributed by atoms with Crippen LogP contribution in [0.5, 0.6) is 0 Å². The molecule has 0 saturated carbocycles. The lowest BCUT2D eigenvalue weighted by molar-refractivity contribution is 0.0503. The van der Waals surface area contributed by atoms with Crippen molar-refractivity contribution in [2.24, 2.45) is 0 Å². The summed E-state index contributed by atoms with van der Waals surface area (Å²) in [6.45, 7) is 8.05. The third kappa shape index (κ3) is 4.82. The predicted molar refractivity (Wildman–Crippen MR) is 61.1 cm³/mol. The second-order valence-electron chi connectivity index (χ2n) is 4.78. The number of carbonyl (C=O) groups excluding carboxylic acids is 1. The standard InChI is InChI=1S/C11H19N3O2/c1-9(8-14-7-5-6-12-14)13-10(15)16-11(2,3)4/h5-7,9H,8H2,1-4H3,(H,13,15). The summed E-state index contributed by atoms with van der Waals surface area (Å²) in [5, 5.41) is 6.82. The summed E-state index contributed by atoms with van der Waals surface area (Å²) in [4.78, 5) is 11.4. The van der Waals surface area contributed by atoms with E-state index in [4.69, 9.17) is 4.74 Å². The summed E-state index contributed by atoms with van der Waals surface area (Å²) in [7, 11) is 0. The Morgan fingerprint density at radius 3 is 2.75 bits per heavy atom. The fraction of sp³-hybridized carbons (Fsp3) is 0.636. The molecule has 1 N–H and O–H groups in total. The minimum Gasteiger partial charge on any atom is -0.444 e. The first-order valence-corrected chi connectivity index (χ1v) is 5.34. The van der Waals surface area contributed by atoms with Gasteiger partial charge in [0.15, 0.2) is 0 Å². The molecular formula is C11H19N3O2. The first kappa shape index (κ1) is 12.5. The second kappa shape index (κ2) is 5.01. The van der Waals surface area contributed by atoms with Gasteiger partial charge >= 0.3 is 6.09 Å². The van der Waals surface area contributed by atoms with Gasteiger partial charge in [-0.1, -0.05) is 0 Å². The summed E-state index contributed by atoms with van der Waals surface area (Å²) in [6.07, 6.45) is 3.17. The molecule has 0 fully saturated rings. The summed E-state index contributed by atoms with van der Waals surface area (Å²) >= 11 is 0. The number of hydrogen-bond acceptors (Lipinski definition) is 3. The third-order valence-electron chi connectivity index (χ3n) is 1.78. The van der Waals surface area contributed by atoms with E-state index in [1.807, 2.05) is 40.0 Å². The van der Waals surface area contributed by atoms with Crippen molar-refractivity contribution in [3.05, 3.63) is 18.5 Å². The van der Waals surface area contributed by atoms with Crippen LogP contribution in [0, 0.1) is 0 Å². The number of carbonyl (C=O) groups is 1. The van der Waals surface area contributed by atoms with E-state index in [0.29, 0.717) is 6.54 Å². The summed E-state index contributed by atoms with van der Waals surface area (Å²) in [5.41, 5.74) is -0.463. The first-order chi connectivity index (χ1) is 7.37. The van der Waals surface area contributed by atoms with Crippen molar-refractivity contribution in [3.63, 3.8) is 0 Å². The molecule has 0 saturated heterocycles. The highest BCUT2D eigenvalue weighted by Crippen LogP contribution is 2.06. The number of aromatic nitrogens is 2. The Morgan fingerprint density at radius 1 is 1.56 bits per heavy atom. The molecule has 0 aliphatic rings. The first-order valence-electron chi connectivity index (χ1n) is 5.34. The van der Waals surface area contributed by atoms with Crippen LogP contribution < -0.4 is 5.32 Å². The molecule has 0 bridgehead atoms. The van der Waals surface area contributed by atoms with Gasteiger partial charge in [0, 0.05) is 18.4 Å². The van der Waals surface area contributed by atoms with E-state index in [0.717, 1.165) is 0 Å². The van der Waals surface area contributed by atoms with Crippen LogP contribution in [0.25, 0.3) is 0 Å². The predicted octanol–water partition coefficient (Wildman–Crippen LogP) is 1.80. The van der Waals surface area contributed by atoms with Crippen molar-refractivity contribution >= 4 is 6.09 Å². The third-order valence-corrected chi connectivity index (χ3v) is 1.78. The Labute approximate surface area is 95.8 Å². The van der Waals surface area contributed by atoms with Crippen LogP contribution in [0.4, 0.5) is 4.79 Å². The van der Waals surface area contributed by atoms with Gasteiger partial charge in [-0.05, 0) is 33.8 Å². The maximum absolute atomic E-state index is 11.4. The quantitative estimate of drug-likeness (QED) is 0.853. The van der Waals surface area contributed by atoms with Gasteiger partial charge < -0.3 is 10.1 Å². The number of alkyl carbamates (subject to hydrolysis) is 1. The highest BCUT2D eigenvalue weighted by Gasteiger charge is 2.17. The van der Waals surface area contributed by atoms with Gasteiger partial charge in [-0.25, -0.2) is 4.79 Å². The van der Waals surface area contributed by atoms with Crippen molar-refractivity contribution in [1.82, 2.24) is 15.1 Å². The highest BCUT2D eigenvalue weighted by atomic mass is 16.6. The fourth-order valence-corrected chi connectivity index (χ4v) is 1.24. The molecule has 16 heavy (non-hydrogen) atoms. The van der Waals surface area contributed by atoms with E-state index in [2.05, 4.69) is 10.4 Å². The number of nitrogens with one attached hydrogen (secondary N) is 1. The van der Waals surface area contributed by atoms with Crippen molar-refractivity contribution in [3.8, 4) is 0 Å². The van der Waals surface area contributed by atoms with Gasteiger partial charge in [0.25, 0.3) is 0 Å². The molecule has 1 atom stereocenters. The minimum absolute atomic E-state index is 0.0188. The maximum Gasteiger partial charge on any atom is 0.407 e. The molecule has 0 radical (unpaired) electrons. The van der Waals surface area contributed by atoms with Crippen LogP contribution >= 0.6 is 0 Å². The van der Waals surface area contributed by atoms with Gasteiger partial charge in [0.05, 0.1) is 6.54 Å². The molecule has 1 aromatic rings. The van der Waals surface area contributed by atoms with E-state index in [9.17, 15) is 4.79 Å². The SMILES string of the molecule is CC(Cn1cccn1)NC(=O)OC(C)(C)C. The van der Waals surface area contributed by atoms with Crippen LogP contribution in [-0.4, -0.2) is 27.5 Å². The van der Waals surface area contributed by atoms with Crippen LogP contribution in [0.15, 0.2) is 18.5 Å². The van der Waals surface area contributed by atoms with Gasteiger partial charge in [0.1, 0.15) is 5.60 Å². The molecule has 1 aromatic heterocycles. The zero-order chi connectivity index (χ0) is 12.2. The Bertz CT molecular complexity index is 327. The van der Waals surface area contributed by atoms with Crippen LogP contribution in [0.3, 0.4) is 0 Å². The highest BCUT2D eigenvalue weighted by molar-refractivity contribution is 5.67. The summed E-state index contributed by atoms with van der Waals surface area (Å²) in [5.74, 6) is 0. The van der Waals surface area contributed by atoms with Gasteiger partial charge in [0.2, 0.25) is 0 Å². The molecule has 1 heterocycles. The van der Waals surface area contributed by atoms with E-state index >= 15 is 0 Å². The Morgan fingerprint density at radius 2 is 2.25 bits per heavy atom. The fourth-order valence-electron chi connectivity index (χ4n) is 1.24. The zero-order valence-electron chi connectivity index (χ0n) is 10.2. The number of nitrogens with zero attached hydrogens (tertiary/aromatic N) is 2. The van der Waals surface area contributed by atoms with Crippen molar-refractivity contribution in [1.29, 1.82) is 0 Å². The van der Waals surface area contributed by atoms with Crippen molar-refractivity contribution in [2.75, 3.05) is 0 Å². The van der Waals surface area contributed by atoms with Crippen LogP contribution in [0.1, 0.15) is 27.7 Å². The molecule has 5 heteroatoms. The van der Waals surface area contributed by atoms with Crippen molar-refractivity contribution < 1.29 is 9.53 Å². The minimum atomic E-state index is -0.463. The van der Waals surface area contributed by atoms with E-state index < -0.39 is 11.7 Å². The molecule has 1 rings (SSSR count). The Balaban J connectivity index is 2.34. The average molecular weight is 225 g/mol. The monoisotopic (exact) mass is 225 g/mol. The lowest BCUT2D eigenvalue weighted by Crippen LogP contribution is -2.39. The number of hydrogen-bond donors (Lipinski definition) is 1. The maximum atomic E-state index is 11.4. The number of amides is 1. The topological polar surface area (TPSA) is 56.2 Å². The largest absolute Gasteiger partial charge is 0.444 e. The van der Waals surface area contributed by atoms with Gasteiger partial charge in [-0.3, -0.25) is 4.68 Å². The molecule has 0 aliphatic heterocycles. The number of ether oxygens (including phenoxy) is 1. The molecule has 90 valence electrons. The molecule has 0 aliphatic carbocycles. The zero-order valence-corrected chi connectivity index (χ0v) is 10.2. The number of rotatable bonds is 3. The average Bonchev–Trinajstić information content (AvgIpc) is 2.51. The summed E-state index contributed by atoms with van der Waals surface area (Å²) in [6, 6.07) is 1.83. The van der Waals surface area contributed by atoms with E-state index in [-0.39, 0.29) is 6.04 Å². The Kier molecular flexibility index (Phi) is 3.93. The van der Waals surface area contributed by atoms with Crippen molar-refractivity contribution in [2.45, 2.75) is 45.9 Å². The lowest BCUT2D eigenvalue weighted by atomic mass is 10.2. The molecule has 0 aromatic carbocycles. The molecular weight excluding hydrogens is 206 g/mol. The molecule has 5 nitrogen and oxygen atoms in total. The van der Waals surface area contributed by atoms with E-state index in [1.165, 1.54) is 0 Å². The lowest BCUT2D eigenvalue weighted by Gasteiger charge is -2.21. The summed E-state index contributed by atoms with van der Waals surface area (Å²) < 4.78 is 6.91. The Hall–Kier alpha value is -1.52. The molecule has 1 unspecified atom stereocenters. The smallest absolute Gasteiger partial charge is 0.407 e. The molecule has 0 spiro atoms.